The Labute approximate surface area is 127 Å². The molecular formula is C18H24N2O. The molecule has 1 saturated heterocycles. The number of carbonyl (C=O) groups excluding carboxylic acids is 1. The second-order valence-corrected chi connectivity index (χ2v) is 6.30. The second kappa shape index (κ2) is 5.92. The summed E-state index contributed by atoms with van der Waals surface area (Å²) in [5.74, 6) is 0.537. The number of carbonyl (C=O) groups is 1. The molecule has 112 valence electrons. The Hall–Kier alpha value is -1.77. The average Bonchev–Trinajstić information content (AvgIpc) is 3.01. The minimum absolute atomic E-state index is 0.193. The van der Waals surface area contributed by atoms with E-state index in [1.165, 1.54) is 11.3 Å². The fraction of sp³-hybridized carbons (Fsp3) is 0.500. The number of hydrogen-bond donors (Lipinski definition) is 0. The maximum Gasteiger partial charge on any atom is 0.226 e. The molecule has 3 nitrogen and oxygen atoms in total. The van der Waals surface area contributed by atoms with Gasteiger partial charge in [-0.15, -0.1) is 0 Å². The van der Waals surface area contributed by atoms with Gasteiger partial charge in [-0.2, -0.15) is 0 Å². The Morgan fingerprint density at radius 3 is 2.38 bits per heavy atom. The van der Waals surface area contributed by atoms with Crippen LogP contribution in [0.3, 0.4) is 0 Å². The molecule has 0 N–H and O–H groups in total. The van der Waals surface area contributed by atoms with Gasteiger partial charge in [-0.25, -0.2) is 0 Å². The first kappa shape index (κ1) is 14.2. The van der Waals surface area contributed by atoms with Gasteiger partial charge >= 0.3 is 0 Å². The first-order chi connectivity index (χ1) is 10.1. The van der Waals surface area contributed by atoms with Crippen molar-refractivity contribution in [3.05, 3.63) is 42.0 Å². The van der Waals surface area contributed by atoms with Gasteiger partial charge in [0, 0.05) is 37.3 Å². The maximum absolute atomic E-state index is 12.6. The molecule has 0 bridgehead atoms. The summed E-state index contributed by atoms with van der Waals surface area (Å²) < 4.78 is 0. The van der Waals surface area contributed by atoms with Crippen molar-refractivity contribution in [2.24, 2.45) is 5.92 Å². The summed E-state index contributed by atoms with van der Waals surface area (Å²) >= 11 is 0. The molecule has 1 aliphatic carbocycles. The Bertz CT molecular complexity index is 527. The largest absolute Gasteiger partial charge is 0.368 e. The molecule has 0 aromatic heterocycles. The predicted molar refractivity (Wildman–Crippen MR) is 86.4 cm³/mol. The predicted octanol–water partition coefficient (Wildman–Crippen LogP) is 3.00. The van der Waals surface area contributed by atoms with Crippen molar-refractivity contribution < 1.29 is 4.79 Å². The average molecular weight is 284 g/mol. The smallest absolute Gasteiger partial charge is 0.226 e. The summed E-state index contributed by atoms with van der Waals surface area (Å²) in [6.45, 7) is 6.97. The van der Waals surface area contributed by atoms with E-state index in [9.17, 15) is 4.79 Å². The maximum atomic E-state index is 12.6. The number of piperazine rings is 1. The number of nitrogens with zero attached hydrogens (tertiary/aromatic N) is 2. The Morgan fingerprint density at radius 1 is 1.10 bits per heavy atom. The zero-order chi connectivity index (χ0) is 14.8. The van der Waals surface area contributed by atoms with Crippen LogP contribution >= 0.6 is 0 Å². The first-order valence-electron chi connectivity index (χ1n) is 7.92. The van der Waals surface area contributed by atoms with Gasteiger partial charge in [-0.1, -0.05) is 29.8 Å². The molecule has 0 radical (unpaired) electrons. The van der Waals surface area contributed by atoms with Crippen LogP contribution in [0.4, 0.5) is 5.69 Å². The molecule has 1 heterocycles. The zero-order valence-corrected chi connectivity index (χ0v) is 13.0. The number of rotatable bonds is 2. The highest BCUT2D eigenvalue weighted by Gasteiger charge is 2.31. The van der Waals surface area contributed by atoms with Crippen molar-refractivity contribution in [2.45, 2.75) is 32.7 Å². The van der Waals surface area contributed by atoms with Crippen LogP contribution in [0, 0.1) is 12.8 Å². The number of amides is 1. The standard InChI is InChI=1S/C18H24N2O/c1-14-7-9-17(10-8-14)19-11-12-20(15(2)13-19)18(21)16-5-3-4-6-16/h3-4,7-10,15-16H,5-6,11-13H2,1-2H3/t15-/m1/s1. The van der Waals surface area contributed by atoms with Crippen molar-refractivity contribution >= 4 is 11.6 Å². The highest BCUT2D eigenvalue weighted by Crippen LogP contribution is 2.25. The van der Waals surface area contributed by atoms with Crippen molar-refractivity contribution in [1.82, 2.24) is 4.90 Å². The summed E-state index contributed by atoms with van der Waals surface area (Å²) in [6, 6.07) is 8.96. The first-order valence-corrected chi connectivity index (χ1v) is 7.92. The number of benzene rings is 1. The molecule has 1 fully saturated rings. The highest BCUT2D eigenvalue weighted by atomic mass is 16.2. The number of hydrogen-bond acceptors (Lipinski definition) is 2. The van der Waals surface area contributed by atoms with E-state index in [1.54, 1.807) is 0 Å². The molecule has 1 amide bonds. The van der Waals surface area contributed by atoms with Crippen LogP contribution in [-0.4, -0.2) is 36.5 Å². The molecule has 3 heteroatoms. The van der Waals surface area contributed by atoms with Crippen molar-refractivity contribution in [1.29, 1.82) is 0 Å². The summed E-state index contributed by atoms with van der Waals surface area (Å²) in [5.41, 5.74) is 2.55. The van der Waals surface area contributed by atoms with E-state index in [2.05, 4.69) is 60.1 Å². The lowest BCUT2D eigenvalue weighted by molar-refractivity contribution is -0.137. The van der Waals surface area contributed by atoms with Crippen molar-refractivity contribution in [3.8, 4) is 0 Å². The Morgan fingerprint density at radius 2 is 1.76 bits per heavy atom. The van der Waals surface area contributed by atoms with E-state index >= 15 is 0 Å². The molecule has 21 heavy (non-hydrogen) atoms. The van der Waals surface area contributed by atoms with Crippen molar-refractivity contribution in [3.63, 3.8) is 0 Å². The third-order valence-corrected chi connectivity index (χ3v) is 4.67. The van der Waals surface area contributed by atoms with Gasteiger partial charge < -0.3 is 9.80 Å². The van der Waals surface area contributed by atoms with Crippen LogP contribution in [0.25, 0.3) is 0 Å². The third-order valence-electron chi connectivity index (χ3n) is 4.67. The lowest BCUT2D eigenvalue weighted by Gasteiger charge is -2.42. The van der Waals surface area contributed by atoms with Gasteiger partial charge in [0.05, 0.1) is 0 Å². The molecule has 0 saturated carbocycles. The summed E-state index contributed by atoms with van der Waals surface area (Å²) in [4.78, 5) is 17.0. The summed E-state index contributed by atoms with van der Waals surface area (Å²) in [7, 11) is 0. The molecule has 0 spiro atoms. The Kier molecular flexibility index (Phi) is 4.00. The summed E-state index contributed by atoms with van der Waals surface area (Å²) in [6.07, 6.45) is 6.11. The molecular weight excluding hydrogens is 260 g/mol. The second-order valence-electron chi connectivity index (χ2n) is 6.30. The zero-order valence-electron chi connectivity index (χ0n) is 13.0. The SMILES string of the molecule is Cc1ccc(N2CCN(C(=O)C3CC=CC3)[C@H](C)C2)cc1. The van der Waals surface area contributed by atoms with Crippen LogP contribution in [0.1, 0.15) is 25.3 Å². The van der Waals surface area contributed by atoms with E-state index in [0.29, 0.717) is 5.91 Å². The molecule has 1 atom stereocenters. The van der Waals surface area contributed by atoms with Gasteiger partial charge in [-0.05, 0) is 38.8 Å². The van der Waals surface area contributed by atoms with Crippen LogP contribution in [0.2, 0.25) is 0 Å². The molecule has 3 rings (SSSR count). The number of anilines is 1. The van der Waals surface area contributed by atoms with Gasteiger partial charge in [0.2, 0.25) is 5.91 Å². The van der Waals surface area contributed by atoms with Gasteiger partial charge in [0.25, 0.3) is 0 Å². The van der Waals surface area contributed by atoms with Crippen molar-refractivity contribution in [2.75, 3.05) is 24.5 Å². The highest BCUT2D eigenvalue weighted by molar-refractivity contribution is 5.80. The third kappa shape index (κ3) is 2.97. The van der Waals surface area contributed by atoms with E-state index in [1.807, 2.05) is 0 Å². The molecule has 1 aliphatic heterocycles. The summed E-state index contributed by atoms with van der Waals surface area (Å²) in [5, 5.41) is 0. The van der Waals surface area contributed by atoms with Crippen LogP contribution < -0.4 is 4.90 Å². The molecule has 1 aromatic rings. The monoisotopic (exact) mass is 284 g/mol. The minimum atomic E-state index is 0.193. The fourth-order valence-electron chi connectivity index (χ4n) is 3.33. The van der Waals surface area contributed by atoms with Crippen LogP contribution in [0.5, 0.6) is 0 Å². The lowest BCUT2D eigenvalue weighted by Crippen LogP contribution is -2.55. The fourth-order valence-corrected chi connectivity index (χ4v) is 3.33. The van der Waals surface area contributed by atoms with Gasteiger partial charge in [0.1, 0.15) is 0 Å². The van der Waals surface area contributed by atoms with E-state index in [-0.39, 0.29) is 12.0 Å². The van der Waals surface area contributed by atoms with Crippen LogP contribution in [0.15, 0.2) is 36.4 Å². The quantitative estimate of drug-likeness (QED) is 0.779. The van der Waals surface area contributed by atoms with Crippen LogP contribution in [-0.2, 0) is 4.79 Å². The minimum Gasteiger partial charge on any atom is -0.368 e. The molecule has 0 unspecified atom stereocenters. The van der Waals surface area contributed by atoms with Gasteiger partial charge in [-0.3, -0.25) is 4.79 Å². The lowest BCUT2D eigenvalue weighted by atomic mass is 10.0. The number of aryl methyl sites for hydroxylation is 1. The van der Waals surface area contributed by atoms with E-state index < -0.39 is 0 Å². The van der Waals surface area contributed by atoms with E-state index in [4.69, 9.17) is 0 Å². The topological polar surface area (TPSA) is 23.6 Å². The van der Waals surface area contributed by atoms with E-state index in [0.717, 1.165) is 32.5 Å². The normalized spacial score (nSPS) is 22.9. The number of allylic oxidation sites excluding steroid dienone is 2. The Balaban J connectivity index is 1.63. The van der Waals surface area contributed by atoms with Gasteiger partial charge in [0.15, 0.2) is 0 Å². The molecule has 1 aromatic carbocycles. The molecule has 2 aliphatic rings.